The first kappa shape index (κ1) is 8.23. The molecule has 1 aliphatic rings. The number of carbonyl (C=O) groups excluding carboxylic acids is 1. The van der Waals surface area contributed by atoms with Crippen LogP contribution < -0.4 is 0 Å². The molecule has 0 N–H and O–H groups in total. The van der Waals surface area contributed by atoms with Gasteiger partial charge in [0.2, 0.25) is 6.41 Å². The lowest BCUT2D eigenvalue weighted by Crippen LogP contribution is -2.32. The van der Waals surface area contributed by atoms with Crippen LogP contribution in [0.3, 0.4) is 0 Å². The van der Waals surface area contributed by atoms with Crippen molar-refractivity contribution in [1.29, 1.82) is 0 Å². The Morgan fingerprint density at radius 1 is 1.69 bits per heavy atom. The minimum Gasteiger partial charge on any atom is -0.338 e. The lowest BCUT2D eigenvalue weighted by molar-refractivity contribution is -0.120. The summed E-state index contributed by atoms with van der Waals surface area (Å²) in [7, 11) is 0. The smallest absolute Gasteiger partial charge is 0.210 e. The first-order valence-corrected chi connectivity index (χ1v) is 4.46. The molecule has 1 unspecified atom stereocenters. The molecule has 0 saturated heterocycles. The summed E-state index contributed by atoms with van der Waals surface area (Å²) in [6.07, 6.45) is 5.53. The number of hydrogen-bond donors (Lipinski definition) is 0. The Hall–Kier alpha value is -1.38. The van der Waals surface area contributed by atoms with Crippen LogP contribution in [0.4, 0.5) is 0 Å². The van der Waals surface area contributed by atoms with Gasteiger partial charge in [-0.25, -0.2) is 0 Å². The highest BCUT2D eigenvalue weighted by Crippen LogP contribution is 2.26. The Bertz CT molecular complexity index is 324. The van der Waals surface area contributed by atoms with E-state index in [9.17, 15) is 4.79 Å². The van der Waals surface area contributed by atoms with E-state index in [0.29, 0.717) is 0 Å². The van der Waals surface area contributed by atoms with E-state index in [1.807, 2.05) is 30.3 Å². The second-order valence-corrected chi connectivity index (χ2v) is 3.34. The van der Waals surface area contributed by atoms with Gasteiger partial charge < -0.3 is 4.90 Å². The first-order valence-electron chi connectivity index (χ1n) is 4.46. The van der Waals surface area contributed by atoms with Crippen molar-refractivity contribution in [3.63, 3.8) is 0 Å². The Morgan fingerprint density at radius 3 is 3.31 bits per heavy atom. The van der Waals surface area contributed by atoms with E-state index in [4.69, 9.17) is 0 Å². The lowest BCUT2D eigenvalue weighted by atomic mass is 9.96. The highest BCUT2D eigenvalue weighted by atomic mass is 16.1. The number of aromatic nitrogens is 1. The summed E-state index contributed by atoms with van der Waals surface area (Å²) in [6, 6.07) is 2.21. The molecule has 0 bridgehead atoms. The van der Waals surface area contributed by atoms with Gasteiger partial charge in [-0.1, -0.05) is 0 Å². The molecule has 1 amide bonds. The molecule has 13 heavy (non-hydrogen) atoms. The van der Waals surface area contributed by atoms with E-state index in [2.05, 4.69) is 4.98 Å². The number of carbonyl (C=O) groups is 1. The van der Waals surface area contributed by atoms with Crippen molar-refractivity contribution in [3.8, 4) is 0 Å². The van der Waals surface area contributed by atoms with Crippen LogP contribution in [0, 0.1) is 0 Å². The quantitative estimate of drug-likeness (QED) is 0.601. The van der Waals surface area contributed by atoms with Crippen molar-refractivity contribution < 1.29 is 4.79 Å². The molecule has 2 rings (SSSR count). The number of rotatable bonds is 1. The minimum absolute atomic E-state index is 0.176. The highest BCUT2D eigenvalue weighted by Gasteiger charge is 2.21. The molecule has 0 aliphatic carbocycles. The zero-order valence-electron chi connectivity index (χ0n) is 7.60. The molecule has 3 heteroatoms. The van der Waals surface area contributed by atoms with E-state index in [0.717, 1.165) is 19.4 Å². The van der Waals surface area contributed by atoms with Crippen molar-refractivity contribution in [2.24, 2.45) is 0 Å². The summed E-state index contributed by atoms with van der Waals surface area (Å²) in [6.45, 7) is 2.86. The fraction of sp³-hybridized carbons (Fsp3) is 0.400. The predicted octanol–water partition coefficient (Wildman–Crippen LogP) is 1.16. The normalized spacial score (nSPS) is 21.0. The van der Waals surface area contributed by atoms with Crippen molar-refractivity contribution in [2.75, 3.05) is 6.54 Å². The zero-order chi connectivity index (χ0) is 9.26. The predicted molar refractivity (Wildman–Crippen MR) is 49.1 cm³/mol. The molecule has 1 atom stereocenters. The first-order chi connectivity index (χ1) is 6.33. The van der Waals surface area contributed by atoms with Crippen molar-refractivity contribution in [1.82, 2.24) is 9.88 Å². The summed E-state index contributed by atoms with van der Waals surface area (Å²) in [5.74, 6) is 0. The van der Waals surface area contributed by atoms with Gasteiger partial charge in [0.25, 0.3) is 0 Å². The fourth-order valence-corrected chi connectivity index (χ4v) is 1.81. The van der Waals surface area contributed by atoms with Crippen LogP contribution >= 0.6 is 0 Å². The van der Waals surface area contributed by atoms with Crippen LogP contribution in [0.5, 0.6) is 0 Å². The zero-order valence-corrected chi connectivity index (χ0v) is 7.60. The lowest BCUT2D eigenvalue weighted by Gasteiger charge is -2.31. The molecule has 3 nitrogen and oxygen atoms in total. The Kier molecular flexibility index (Phi) is 2.00. The number of fused-ring (bicyclic) bond motifs is 1. The van der Waals surface area contributed by atoms with Crippen LogP contribution in [0.1, 0.15) is 24.1 Å². The number of amides is 1. The molecule has 0 saturated carbocycles. The van der Waals surface area contributed by atoms with Crippen molar-refractivity contribution in [3.05, 3.63) is 29.6 Å². The van der Waals surface area contributed by atoms with Crippen molar-refractivity contribution >= 4 is 6.41 Å². The number of hydrogen-bond acceptors (Lipinski definition) is 2. The third-order valence-corrected chi connectivity index (χ3v) is 2.67. The molecule has 68 valence electrons. The van der Waals surface area contributed by atoms with Crippen molar-refractivity contribution in [2.45, 2.75) is 19.4 Å². The van der Waals surface area contributed by atoms with Gasteiger partial charge in [0.15, 0.2) is 0 Å². The average Bonchev–Trinajstić information content (AvgIpc) is 2.19. The van der Waals surface area contributed by atoms with E-state index in [1.54, 1.807) is 0 Å². The van der Waals surface area contributed by atoms with Gasteiger partial charge in [0.05, 0.1) is 6.04 Å². The molecule has 1 aromatic heterocycles. The van der Waals surface area contributed by atoms with Crippen LogP contribution in [0.25, 0.3) is 0 Å². The summed E-state index contributed by atoms with van der Waals surface area (Å²) in [4.78, 5) is 16.6. The minimum atomic E-state index is 0.176. The molecular weight excluding hydrogens is 164 g/mol. The average molecular weight is 176 g/mol. The maximum Gasteiger partial charge on any atom is 0.210 e. The van der Waals surface area contributed by atoms with E-state index in [1.165, 1.54) is 11.1 Å². The van der Waals surface area contributed by atoms with Crippen LogP contribution in [0.2, 0.25) is 0 Å². The number of nitrogens with zero attached hydrogens (tertiary/aromatic N) is 2. The van der Waals surface area contributed by atoms with Gasteiger partial charge in [-0.3, -0.25) is 9.78 Å². The molecule has 1 aromatic rings. The topological polar surface area (TPSA) is 33.2 Å². The molecule has 0 spiro atoms. The third-order valence-electron chi connectivity index (χ3n) is 2.67. The highest BCUT2D eigenvalue weighted by molar-refractivity contribution is 5.50. The van der Waals surface area contributed by atoms with Gasteiger partial charge >= 0.3 is 0 Å². The van der Waals surface area contributed by atoms with Gasteiger partial charge in [-0.15, -0.1) is 0 Å². The van der Waals surface area contributed by atoms with E-state index < -0.39 is 0 Å². The molecule has 2 heterocycles. The van der Waals surface area contributed by atoms with E-state index >= 15 is 0 Å². The van der Waals surface area contributed by atoms with Gasteiger partial charge in [-0.2, -0.15) is 0 Å². The van der Waals surface area contributed by atoms with Crippen LogP contribution in [0.15, 0.2) is 18.5 Å². The monoisotopic (exact) mass is 176 g/mol. The summed E-state index contributed by atoms with van der Waals surface area (Å²) in [5, 5.41) is 0. The largest absolute Gasteiger partial charge is 0.338 e. The maximum absolute atomic E-state index is 10.7. The second-order valence-electron chi connectivity index (χ2n) is 3.34. The summed E-state index contributed by atoms with van der Waals surface area (Å²) < 4.78 is 0. The molecule has 1 aliphatic heterocycles. The summed E-state index contributed by atoms with van der Waals surface area (Å²) in [5.41, 5.74) is 2.50. The van der Waals surface area contributed by atoms with Gasteiger partial charge in [-0.05, 0) is 30.5 Å². The fourth-order valence-electron chi connectivity index (χ4n) is 1.81. The second kappa shape index (κ2) is 3.17. The molecule has 0 aromatic carbocycles. The number of pyridine rings is 1. The van der Waals surface area contributed by atoms with Crippen LogP contribution in [-0.4, -0.2) is 22.8 Å². The Morgan fingerprint density at radius 2 is 2.54 bits per heavy atom. The third kappa shape index (κ3) is 1.30. The van der Waals surface area contributed by atoms with Gasteiger partial charge in [0, 0.05) is 18.9 Å². The summed E-state index contributed by atoms with van der Waals surface area (Å²) >= 11 is 0. The molecular formula is C10H12N2O. The maximum atomic E-state index is 10.7. The standard InChI is InChI=1S/C10H12N2O/c1-8-10-6-11-4-2-9(10)3-5-12(8)7-13/h2,4,6-8H,3,5H2,1H3. The Balaban J connectivity index is 2.38. The Labute approximate surface area is 77.4 Å². The molecule has 0 fully saturated rings. The molecule has 0 radical (unpaired) electrons. The van der Waals surface area contributed by atoms with E-state index in [-0.39, 0.29) is 6.04 Å². The van der Waals surface area contributed by atoms with Gasteiger partial charge in [0.1, 0.15) is 0 Å². The van der Waals surface area contributed by atoms with Crippen LogP contribution in [-0.2, 0) is 11.2 Å². The SMILES string of the molecule is CC1c2cnccc2CCN1C=O.